The molecule has 12 nitrogen and oxygen atoms in total. The van der Waals surface area contributed by atoms with E-state index in [2.05, 4.69) is 4.98 Å². The van der Waals surface area contributed by atoms with Gasteiger partial charge < -0.3 is 22.8 Å². The van der Waals surface area contributed by atoms with Crippen LogP contribution in [0.1, 0.15) is 72.7 Å². The molecule has 2 aliphatic heterocycles. The fourth-order valence-electron chi connectivity index (χ4n) is 6.38. The second kappa shape index (κ2) is 12.9. The molecule has 252 valence electrons. The zero-order chi connectivity index (χ0) is 33.7. The van der Waals surface area contributed by atoms with Crippen molar-refractivity contribution in [2.75, 3.05) is 13.2 Å². The maximum Gasteiger partial charge on any atom is 0.335 e. The first-order chi connectivity index (χ1) is 20.8. The number of fused-ring (bicyclic) bond motifs is 1. The zero-order valence-corrected chi connectivity index (χ0v) is 30.6. The second-order valence-electron chi connectivity index (χ2n) is 13.6. The lowest BCUT2D eigenvalue weighted by Gasteiger charge is -2.53. The molecular formula is C30H48N2O10SSi2. The minimum absolute atomic E-state index is 0.0251. The number of nitrogens with zero attached hydrogens (tertiary/aromatic N) is 1. The summed E-state index contributed by atoms with van der Waals surface area (Å²) in [5.41, 5.74) is -2.21. The van der Waals surface area contributed by atoms with Gasteiger partial charge in [0.25, 0.3) is 15.7 Å². The Morgan fingerprint density at radius 3 is 2.07 bits per heavy atom. The molecule has 0 radical (unpaired) electrons. The van der Waals surface area contributed by atoms with Gasteiger partial charge in [-0.3, -0.25) is 18.5 Å². The highest BCUT2D eigenvalue weighted by atomic mass is 32.2. The van der Waals surface area contributed by atoms with E-state index in [1.54, 1.807) is 12.1 Å². The van der Waals surface area contributed by atoms with Gasteiger partial charge in [-0.25, -0.2) is 4.79 Å². The fraction of sp³-hybridized carbons (Fsp3) is 0.667. The normalized spacial score (nSPS) is 26.8. The van der Waals surface area contributed by atoms with Crippen LogP contribution in [0.2, 0.25) is 22.2 Å². The fourth-order valence-corrected chi connectivity index (χ4v) is 18.6. The molecule has 45 heavy (non-hydrogen) atoms. The molecule has 0 saturated carbocycles. The van der Waals surface area contributed by atoms with Crippen LogP contribution in [-0.2, 0) is 32.0 Å². The Morgan fingerprint density at radius 1 is 0.978 bits per heavy atom. The molecule has 2 saturated heterocycles. The average molecular weight is 685 g/mol. The summed E-state index contributed by atoms with van der Waals surface area (Å²) in [6.45, 7) is 18.8. The highest BCUT2D eigenvalue weighted by Gasteiger charge is 2.66. The number of hydrogen-bond acceptors (Lipinski definition) is 10. The minimum Gasteiger partial charge on any atom is -0.414 e. The van der Waals surface area contributed by atoms with Crippen LogP contribution in [0.25, 0.3) is 0 Å². The van der Waals surface area contributed by atoms with E-state index in [4.69, 9.17) is 21.9 Å². The smallest absolute Gasteiger partial charge is 0.335 e. The number of rotatable bonds is 9. The van der Waals surface area contributed by atoms with Gasteiger partial charge >= 0.3 is 22.8 Å². The monoisotopic (exact) mass is 684 g/mol. The van der Waals surface area contributed by atoms with Gasteiger partial charge in [0.1, 0.15) is 24.4 Å². The van der Waals surface area contributed by atoms with E-state index in [-0.39, 0.29) is 39.2 Å². The lowest BCUT2D eigenvalue weighted by atomic mass is 9.97. The molecule has 0 spiro atoms. The largest absolute Gasteiger partial charge is 0.414 e. The number of aromatic nitrogens is 2. The first kappa shape index (κ1) is 35.9. The van der Waals surface area contributed by atoms with Crippen molar-refractivity contribution in [3.05, 3.63) is 62.4 Å². The predicted molar refractivity (Wildman–Crippen MR) is 173 cm³/mol. The summed E-state index contributed by atoms with van der Waals surface area (Å²) in [5, 5.41) is 11.9. The summed E-state index contributed by atoms with van der Waals surface area (Å²) in [4.78, 5) is 27.4. The van der Waals surface area contributed by atoms with Gasteiger partial charge in [-0.2, -0.15) is 8.42 Å². The van der Waals surface area contributed by atoms with Crippen LogP contribution in [0.3, 0.4) is 0 Å². The Balaban J connectivity index is 1.92. The SMILES string of the molecule is Cc1ccc(S(=O)(=O)OC[C@@]23CO[Si](C(C)C)(C(C)C)O[Si](C(C)C)(C(C)C)OC2C(O)[C@H](n2cc(C)c(=O)[nH]c2=O)O3)cc1. The first-order valence-electron chi connectivity index (χ1n) is 15.5. The van der Waals surface area contributed by atoms with Gasteiger partial charge in [-0.15, -0.1) is 0 Å². The minimum atomic E-state index is -4.28. The average Bonchev–Trinajstić information content (AvgIpc) is 3.20. The molecule has 1 aromatic heterocycles. The number of benzene rings is 1. The molecule has 3 heterocycles. The van der Waals surface area contributed by atoms with Gasteiger partial charge in [-0.1, -0.05) is 73.1 Å². The molecule has 15 heteroatoms. The van der Waals surface area contributed by atoms with Crippen molar-refractivity contribution in [1.29, 1.82) is 0 Å². The number of H-pyrrole nitrogens is 1. The highest BCUT2D eigenvalue weighted by Crippen LogP contribution is 2.51. The summed E-state index contributed by atoms with van der Waals surface area (Å²) in [6.07, 6.45) is -2.74. The maximum atomic E-state index is 13.5. The van der Waals surface area contributed by atoms with Crippen LogP contribution in [0.5, 0.6) is 0 Å². The van der Waals surface area contributed by atoms with Gasteiger partial charge in [0.2, 0.25) is 0 Å². The van der Waals surface area contributed by atoms with Crippen molar-refractivity contribution >= 4 is 27.2 Å². The van der Waals surface area contributed by atoms with Crippen molar-refractivity contribution in [1.82, 2.24) is 9.55 Å². The predicted octanol–water partition coefficient (Wildman–Crippen LogP) is 4.14. The number of aryl methyl sites for hydroxylation is 2. The molecule has 4 rings (SSSR count). The van der Waals surface area contributed by atoms with Gasteiger partial charge in [0.05, 0.1) is 11.5 Å². The Morgan fingerprint density at radius 2 is 1.53 bits per heavy atom. The van der Waals surface area contributed by atoms with Gasteiger partial charge in [0, 0.05) is 11.8 Å². The maximum absolute atomic E-state index is 13.5. The third-order valence-electron chi connectivity index (χ3n) is 9.06. The van der Waals surface area contributed by atoms with Gasteiger partial charge in [0.15, 0.2) is 6.23 Å². The number of ether oxygens (including phenoxy) is 1. The summed E-state index contributed by atoms with van der Waals surface area (Å²) in [6, 6.07) is 6.26. The molecule has 2 N–H and O–H groups in total. The molecule has 2 aliphatic rings. The van der Waals surface area contributed by atoms with Crippen molar-refractivity contribution in [2.45, 2.75) is 120 Å². The number of nitrogens with one attached hydrogen (secondary N) is 1. The molecule has 0 amide bonds. The summed E-state index contributed by atoms with van der Waals surface area (Å²) < 4.78 is 61.4. The summed E-state index contributed by atoms with van der Waals surface area (Å²) >= 11 is 0. The van der Waals surface area contributed by atoms with E-state index >= 15 is 0 Å². The van der Waals surface area contributed by atoms with Crippen LogP contribution in [0.15, 0.2) is 44.9 Å². The quantitative estimate of drug-likeness (QED) is 0.291. The topological polar surface area (TPSA) is 155 Å². The lowest BCUT2D eigenvalue weighted by Crippen LogP contribution is -2.69. The van der Waals surface area contributed by atoms with E-state index in [1.165, 1.54) is 25.3 Å². The molecule has 1 aromatic carbocycles. The molecule has 0 aliphatic carbocycles. The van der Waals surface area contributed by atoms with E-state index < -0.39 is 69.1 Å². The Kier molecular flexibility index (Phi) is 10.3. The number of aromatic amines is 1. The number of aliphatic hydroxyl groups is 1. The van der Waals surface area contributed by atoms with Crippen LogP contribution in [0.4, 0.5) is 0 Å². The summed E-state index contributed by atoms with van der Waals surface area (Å²) in [5.74, 6) is 0. The number of hydrogen-bond donors (Lipinski definition) is 2. The molecular weight excluding hydrogens is 637 g/mol. The van der Waals surface area contributed by atoms with E-state index in [0.29, 0.717) is 0 Å². The Hall–Kier alpha value is -1.96. The lowest BCUT2D eigenvalue weighted by molar-refractivity contribution is -0.150. The van der Waals surface area contributed by atoms with Crippen LogP contribution in [0, 0.1) is 13.8 Å². The second-order valence-corrected chi connectivity index (χ2v) is 24.0. The number of aliphatic hydroxyl groups excluding tert-OH is 1. The highest BCUT2D eigenvalue weighted by molar-refractivity contribution is 7.86. The third-order valence-corrected chi connectivity index (χ3v) is 20.5. The first-order valence-corrected chi connectivity index (χ1v) is 20.8. The molecule has 4 atom stereocenters. The van der Waals surface area contributed by atoms with Crippen LogP contribution in [-0.4, -0.2) is 71.2 Å². The zero-order valence-electron chi connectivity index (χ0n) is 27.8. The van der Waals surface area contributed by atoms with Crippen LogP contribution >= 0.6 is 0 Å². The van der Waals surface area contributed by atoms with E-state index in [1.807, 2.05) is 62.3 Å². The van der Waals surface area contributed by atoms with E-state index in [9.17, 15) is 23.1 Å². The summed E-state index contributed by atoms with van der Waals surface area (Å²) in [7, 11) is -10.7. The van der Waals surface area contributed by atoms with E-state index in [0.717, 1.165) is 10.1 Å². The Bertz CT molecular complexity index is 1570. The van der Waals surface area contributed by atoms with Crippen molar-refractivity contribution < 1.29 is 35.4 Å². The van der Waals surface area contributed by atoms with Crippen molar-refractivity contribution in [3.8, 4) is 0 Å². The molecule has 0 bridgehead atoms. The third kappa shape index (κ3) is 6.47. The van der Waals surface area contributed by atoms with Crippen molar-refractivity contribution in [3.63, 3.8) is 0 Å². The Labute approximate surface area is 267 Å². The molecule has 2 unspecified atom stereocenters. The molecule has 2 aromatic rings. The van der Waals surface area contributed by atoms with Crippen molar-refractivity contribution in [2.24, 2.45) is 0 Å². The standard InChI is InChI=1S/C30H48N2O10SSi2/c1-18(2)44(19(3)4)39-17-30(16-38-43(36,37)24-13-11-22(9)12-14-24)26(41-45(42-44,20(5)6)21(7)8)25(33)28(40-30)32-15-23(10)27(34)31-29(32)35/h11-15,18-21,25-26,28,33H,16-17H2,1-10H3,(H,31,34,35)/t25?,26?,28-,30-/m1/s1. The van der Waals surface area contributed by atoms with Crippen LogP contribution < -0.4 is 11.2 Å². The van der Waals surface area contributed by atoms with Gasteiger partial charge in [-0.05, 0) is 48.1 Å². The molecule has 2 fully saturated rings.